The number of hydrogen-bond acceptors (Lipinski definition) is 8. The zero-order chi connectivity index (χ0) is 27.6. The molecule has 4 heterocycles. The van der Waals surface area contributed by atoms with Crippen LogP contribution in [0.1, 0.15) is 60.5 Å². The topological polar surface area (TPSA) is 99.7 Å². The Morgan fingerprint density at radius 3 is 2.66 bits per heavy atom. The summed E-state index contributed by atoms with van der Waals surface area (Å²) in [5.74, 6) is 0.796. The second-order valence-corrected chi connectivity index (χ2v) is 10.5. The number of benzene rings is 2. The number of para-hydroxylation sites is 1. The molecule has 216 valence electrons. The minimum atomic E-state index is -0.810. The standard InChI is InChI=1S/C30H31FN4O5.ClH/c1-19-23(13-17-34-15-11-20(12-16-34)27-24-10-9-21(31)18-26(24)40-33-27)29(36)35-14-5-8-25(28(35)32-19)39-30(37)38-22-6-3-2-4-7-22;/h2-4,6-7,9-10,18,20,25H,5,8,11-17H2,1H3;1H. The third-order valence-electron chi connectivity index (χ3n) is 7.93. The highest BCUT2D eigenvalue weighted by molar-refractivity contribution is 5.85. The van der Waals surface area contributed by atoms with Crippen molar-refractivity contribution in [2.24, 2.45) is 0 Å². The molecule has 1 atom stereocenters. The van der Waals surface area contributed by atoms with Gasteiger partial charge in [-0.15, -0.1) is 12.4 Å². The SMILES string of the molecule is Cc1nc2n(c(=O)c1CCN1CCC(c3noc4cc(F)ccc34)CC1)CCCC2OC(=O)Oc1ccccc1.Cl. The van der Waals surface area contributed by atoms with Gasteiger partial charge in [0.25, 0.3) is 5.56 Å². The summed E-state index contributed by atoms with van der Waals surface area (Å²) >= 11 is 0. The Kier molecular flexibility index (Phi) is 8.70. The molecule has 0 aliphatic carbocycles. The van der Waals surface area contributed by atoms with Crippen molar-refractivity contribution in [1.82, 2.24) is 19.6 Å². The Bertz CT molecular complexity index is 1580. The Morgan fingerprint density at radius 1 is 1.10 bits per heavy atom. The number of halogens is 2. The van der Waals surface area contributed by atoms with Crippen LogP contribution >= 0.6 is 12.4 Å². The zero-order valence-electron chi connectivity index (χ0n) is 22.8. The molecule has 41 heavy (non-hydrogen) atoms. The van der Waals surface area contributed by atoms with Crippen molar-refractivity contribution in [3.8, 4) is 5.75 Å². The summed E-state index contributed by atoms with van der Waals surface area (Å²) in [6.07, 6.45) is 2.27. The van der Waals surface area contributed by atoms with Gasteiger partial charge in [0.05, 0.1) is 5.69 Å². The van der Waals surface area contributed by atoms with Crippen LogP contribution in [0, 0.1) is 12.7 Å². The predicted octanol–water partition coefficient (Wildman–Crippen LogP) is 5.73. The number of hydrogen-bond donors (Lipinski definition) is 0. The number of fused-ring (bicyclic) bond motifs is 2. The van der Waals surface area contributed by atoms with Crippen LogP contribution in [0.25, 0.3) is 11.0 Å². The number of carbonyl (C=O) groups excluding carboxylic acids is 1. The highest BCUT2D eigenvalue weighted by Crippen LogP contribution is 2.33. The number of piperidine rings is 1. The van der Waals surface area contributed by atoms with Crippen molar-refractivity contribution in [2.45, 2.75) is 57.6 Å². The molecule has 1 fully saturated rings. The van der Waals surface area contributed by atoms with E-state index in [9.17, 15) is 14.0 Å². The van der Waals surface area contributed by atoms with Gasteiger partial charge in [0.1, 0.15) is 11.6 Å². The van der Waals surface area contributed by atoms with Crippen molar-refractivity contribution in [3.63, 3.8) is 0 Å². The number of likely N-dealkylation sites (tertiary alicyclic amines) is 1. The summed E-state index contributed by atoms with van der Waals surface area (Å²) in [5.41, 5.74) is 2.67. The first-order valence-corrected chi connectivity index (χ1v) is 13.8. The second kappa shape index (κ2) is 12.4. The first-order chi connectivity index (χ1) is 19.5. The number of rotatable bonds is 6. The fourth-order valence-corrected chi connectivity index (χ4v) is 5.80. The van der Waals surface area contributed by atoms with Gasteiger partial charge in [-0.05, 0) is 76.4 Å². The molecule has 9 nitrogen and oxygen atoms in total. The van der Waals surface area contributed by atoms with Crippen molar-refractivity contribution in [3.05, 3.63) is 87.5 Å². The molecule has 2 aromatic carbocycles. The molecule has 6 rings (SSSR count). The van der Waals surface area contributed by atoms with E-state index in [1.807, 2.05) is 13.0 Å². The molecule has 2 aliphatic heterocycles. The predicted molar refractivity (Wildman–Crippen MR) is 152 cm³/mol. The highest BCUT2D eigenvalue weighted by Gasteiger charge is 2.30. The molecule has 2 aliphatic rings. The number of ether oxygens (including phenoxy) is 2. The van der Waals surface area contributed by atoms with Gasteiger partial charge in [-0.1, -0.05) is 23.4 Å². The first-order valence-electron chi connectivity index (χ1n) is 13.8. The lowest BCUT2D eigenvalue weighted by atomic mass is 9.91. The Morgan fingerprint density at radius 2 is 1.88 bits per heavy atom. The summed E-state index contributed by atoms with van der Waals surface area (Å²) in [7, 11) is 0. The molecule has 4 aromatic rings. The minimum Gasteiger partial charge on any atom is -0.422 e. The Hall–Kier alpha value is -3.76. The highest BCUT2D eigenvalue weighted by atomic mass is 35.5. The van der Waals surface area contributed by atoms with Crippen molar-refractivity contribution < 1.29 is 23.2 Å². The van der Waals surface area contributed by atoms with Crippen LogP contribution < -0.4 is 10.3 Å². The summed E-state index contributed by atoms with van der Waals surface area (Å²) in [4.78, 5) is 32.9. The van der Waals surface area contributed by atoms with E-state index in [4.69, 9.17) is 19.0 Å². The third kappa shape index (κ3) is 6.13. The van der Waals surface area contributed by atoms with E-state index in [-0.39, 0.29) is 29.7 Å². The van der Waals surface area contributed by atoms with E-state index in [0.29, 0.717) is 54.2 Å². The van der Waals surface area contributed by atoms with Gasteiger partial charge in [-0.25, -0.2) is 14.2 Å². The smallest absolute Gasteiger partial charge is 0.422 e. The van der Waals surface area contributed by atoms with E-state index < -0.39 is 12.3 Å². The fraction of sp³-hybridized carbons (Fsp3) is 0.400. The van der Waals surface area contributed by atoms with Crippen LogP contribution in [-0.2, 0) is 17.7 Å². The number of aromatic nitrogens is 3. The van der Waals surface area contributed by atoms with Crippen LogP contribution in [-0.4, -0.2) is 45.4 Å². The number of aryl methyl sites for hydroxylation is 1. The average molecular weight is 583 g/mol. The normalized spacial score (nSPS) is 17.6. The molecule has 0 radical (unpaired) electrons. The maximum atomic E-state index is 13.5. The monoisotopic (exact) mass is 582 g/mol. The summed E-state index contributed by atoms with van der Waals surface area (Å²) in [5, 5.41) is 5.11. The molecule has 0 spiro atoms. The van der Waals surface area contributed by atoms with Crippen LogP contribution in [0.2, 0.25) is 0 Å². The summed E-state index contributed by atoms with van der Waals surface area (Å²) in [6.45, 7) is 4.88. The largest absolute Gasteiger partial charge is 0.514 e. The third-order valence-corrected chi connectivity index (χ3v) is 7.93. The van der Waals surface area contributed by atoms with Gasteiger partial charge in [-0.2, -0.15) is 0 Å². The fourth-order valence-electron chi connectivity index (χ4n) is 5.80. The molecule has 11 heteroatoms. The Balaban J connectivity index is 0.00000337. The molecule has 0 saturated carbocycles. The van der Waals surface area contributed by atoms with Gasteiger partial charge in [-0.3, -0.25) is 9.36 Å². The molecular weight excluding hydrogens is 551 g/mol. The molecule has 0 amide bonds. The zero-order valence-corrected chi connectivity index (χ0v) is 23.6. The molecule has 1 unspecified atom stereocenters. The van der Waals surface area contributed by atoms with E-state index in [1.165, 1.54) is 12.1 Å². The van der Waals surface area contributed by atoms with E-state index >= 15 is 0 Å². The van der Waals surface area contributed by atoms with Crippen LogP contribution in [0.5, 0.6) is 5.75 Å². The van der Waals surface area contributed by atoms with E-state index in [0.717, 1.165) is 43.6 Å². The number of carbonyl (C=O) groups is 1. The molecule has 2 aromatic heterocycles. The lowest BCUT2D eigenvalue weighted by molar-refractivity contribution is 0.0401. The summed E-state index contributed by atoms with van der Waals surface area (Å²) in [6, 6.07) is 13.3. The van der Waals surface area contributed by atoms with Crippen molar-refractivity contribution in [1.29, 1.82) is 0 Å². The van der Waals surface area contributed by atoms with Crippen molar-refractivity contribution >= 4 is 29.5 Å². The number of nitrogens with zero attached hydrogens (tertiary/aromatic N) is 4. The first kappa shape index (κ1) is 28.8. The Labute approximate surface area is 242 Å². The maximum Gasteiger partial charge on any atom is 0.514 e. The lowest BCUT2D eigenvalue weighted by Crippen LogP contribution is -2.38. The van der Waals surface area contributed by atoms with Crippen LogP contribution in [0.4, 0.5) is 9.18 Å². The van der Waals surface area contributed by atoms with Gasteiger partial charge in [0, 0.05) is 41.7 Å². The maximum absolute atomic E-state index is 13.5. The van der Waals surface area contributed by atoms with Gasteiger partial charge in [0.15, 0.2) is 17.5 Å². The molecule has 0 bridgehead atoms. The lowest BCUT2D eigenvalue weighted by Gasteiger charge is -2.31. The minimum absolute atomic E-state index is 0. The average Bonchev–Trinajstić information content (AvgIpc) is 3.37. The van der Waals surface area contributed by atoms with Crippen molar-refractivity contribution in [2.75, 3.05) is 19.6 Å². The van der Waals surface area contributed by atoms with Crippen LogP contribution in [0.3, 0.4) is 0 Å². The second-order valence-electron chi connectivity index (χ2n) is 10.5. The van der Waals surface area contributed by atoms with Gasteiger partial charge in [0.2, 0.25) is 0 Å². The van der Waals surface area contributed by atoms with E-state index in [2.05, 4.69) is 10.1 Å². The van der Waals surface area contributed by atoms with Crippen LogP contribution in [0.15, 0.2) is 57.8 Å². The van der Waals surface area contributed by atoms with E-state index in [1.54, 1.807) is 34.9 Å². The molecular formula is C30H32ClFN4O5. The van der Waals surface area contributed by atoms with Gasteiger partial charge >= 0.3 is 6.16 Å². The molecule has 0 N–H and O–H groups in total. The molecule has 1 saturated heterocycles. The summed E-state index contributed by atoms with van der Waals surface area (Å²) < 4.78 is 31.4. The quantitative estimate of drug-likeness (QED) is 0.210. The van der Waals surface area contributed by atoms with Gasteiger partial charge < -0.3 is 18.9 Å².